The van der Waals surface area contributed by atoms with Crippen molar-refractivity contribution in [3.8, 4) is 11.9 Å². The number of unbranched alkanes of at least 4 members (excludes halogenated alkanes) is 1. The highest BCUT2D eigenvalue weighted by Gasteiger charge is 2.31. The molecule has 3 rings (SSSR count). The van der Waals surface area contributed by atoms with Crippen LogP contribution in [0.4, 0.5) is 0 Å². The Bertz CT molecular complexity index is 1360. The second-order valence-electron chi connectivity index (χ2n) is 7.58. The van der Waals surface area contributed by atoms with Crippen LogP contribution in [0.25, 0.3) is 0 Å². The molecule has 0 fully saturated rings. The van der Waals surface area contributed by atoms with E-state index in [4.69, 9.17) is 0 Å². The van der Waals surface area contributed by atoms with Crippen molar-refractivity contribution in [1.82, 2.24) is 9.55 Å². The van der Waals surface area contributed by atoms with Gasteiger partial charge in [0, 0.05) is 10.9 Å². The molecular weight excluding hydrogens is 506 g/mol. The summed E-state index contributed by atoms with van der Waals surface area (Å²) in [6.07, 6.45) is 2.41. The number of aromatic hydroxyl groups is 1. The van der Waals surface area contributed by atoms with E-state index in [1.165, 1.54) is 16.7 Å². The van der Waals surface area contributed by atoms with Crippen molar-refractivity contribution in [1.29, 1.82) is 5.26 Å². The van der Waals surface area contributed by atoms with E-state index < -0.39 is 32.2 Å². The van der Waals surface area contributed by atoms with Crippen molar-refractivity contribution in [3.05, 3.63) is 80.3 Å². The summed E-state index contributed by atoms with van der Waals surface area (Å²) >= 11 is 3.26. The van der Waals surface area contributed by atoms with Gasteiger partial charge in [-0.05, 0) is 54.8 Å². The molecule has 1 heterocycles. The Morgan fingerprint density at radius 2 is 1.88 bits per heavy atom. The first-order valence-corrected chi connectivity index (χ1v) is 12.9. The van der Waals surface area contributed by atoms with Crippen LogP contribution < -0.4 is 5.56 Å². The van der Waals surface area contributed by atoms with Gasteiger partial charge in [0.1, 0.15) is 5.82 Å². The lowest BCUT2D eigenvalue weighted by molar-refractivity contribution is 0.358. The predicted octanol–water partition coefficient (Wildman–Crippen LogP) is 4.76. The molecule has 0 saturated heterocycles. The summed E-state index contributed by atoms with van der Waals surface area (Å²) < 4.78 is 28.8. The molecule has 1 N–H and O–H groups in total. The Morgan fingerprint density at radius 1 is 1.18 bits per heavy atom. The van der Waals surface area contributed by atoms with Crippen molar-refractivity contribution >= 4 is 25.8 Å². The van der Waals surface area contributed by atoms with Gasteiger partial charge >= 0.3 is 0 Å². The van der Waals surface area contributed by atoms with E-state index in [1.807, 2.05) is 13.8 Å². The fourth-order valence-corrected chi connectivity index (χ4v) is 5.35. The van der Waals surface area contributed by atoms with Gasteiger partial charge in [0.05, 0.1) is 22.6 Å². The maximum atomic E-state index is 13.3. The molecule has 3 aromatic rings. The van der Waals surface area contributed by atoms with Gasteiger partial charge in [-0.25, -0.2) is 8.42 Å². The van der Waals surface area contributed by atoms with Gasteiger partial charge in [-0.2, -0.15) is 10.2 Å². The molecule has 33 heavy (non-hydrogen) atoms. The van der Waals surface area contributed by atoms with Crippen LogP contribution in [0.2, 0.25) is 0 Å². The minimum absolute atomic E-state index is 0.118. The molecule has 0 spiro atoms. The lowest BCUT2D eigenvalue weighted by atomic mass is 10.0. The van der Waals surface area contributed by atoms with Crippen LogP contribution in [0, 0.1) is 11.3 Å². The van der Waals surface area contributed by atoms with Gasteiger partial charge in [-0.15, -0.1) is 0 Å². The van der Waals surface area contributed by atoms with Crippen molar-refractivity contribution in [2.24, 2.45) is 0 Å². The Labute approximate surface area is 201 Å². The zero-order valence-corrected chi connectivity index (χ0v) is 20.7. The van der Waals surface area contributed by atoms with E-state index in [-0.39, 0.29) is 4.90 Å². The second kappa shape index (κ2) is 10.3. The number of hydrogen-bond donors (Lipinski definition) is 1. The summed E-state index contributed by atoms with van der Waals surface area (Å²) in [5, 5.41) is 20.6. The Morgan fingerprint density at radius 3 is 2.48 bits per heavy atom. The Balaban J connectivity index is 2.30. The summed E-state index contributed by atoms with van der Waals surface area (Å²) in [4.78, 5) is 16.1. The van der Waals surface area contributed by atoms with E-state index in [2.05, 4.69) is 27.0 Å². The van der Waals surface area contributed by atoms with Crippen LogP contribution in [0.5, 0.6) is 5.88 Å². The van der Waals surface area contributed by atoms with Crippen LogP contribution in [0.15, 0.2) is 67.6 Å². The molecule has 0 aliphatic heterocycles. The van der Waals surface area contributed by atoms with Gasteiger partial charge in [-0.3, -0.25) is 9.36 Å². The first-order chi connectivity index (χ1) is 15.7. The van der Waals surface area contributed by atoms with Gasteiger partial charge in [0.2, 0.25) is 15.7 Å². The molecule has 0 aliphatic carbocycles. The van der Waals surface area contributed by atoms with Gasteiger partial charge in [0.25, 0.3) is 5.56 Å². The normalized spacial score (nSPS) is 12.3. The number of halogens is 1. The third-order valence-electron chi connectivity index (χ3n) is 5.38. The van der Waals surface area contributed by atoms with Crippen LogP contribution in [0.3, 0.4) is 0 Å². The van der Waals surface area contributed by atoms with E-state index in [0.717, 1.165) is 6.42 Å². The number of aryl methyl sites for hydroxylation is 1. The maximum Gasteiger partial charge on any atom is 0.296 e. The fraction of sp³-hybridized carbons (Fsp3) is 0.292. The minimum atomic E-state index is -4.33. The molecule has 1 atom stereocenters. The fourth-order valence-electron chi connectivity index (χ4n) is 3.74. The highest BCUT2D eigenvalue weighted by molar-refractivity contribution is 9.10. The summed E-state index contributed by atoms with van der Waals surface area (Å²) in [5.74, 6) is -0.332. The summed E-state index contributed by atoms with van der Waals surface area (Å²) in [6, 6.07) is 14.3. The summed E-state index contributed by atoms with van der Waals surface area (Å²) in [5.41, 5.74) is 0.165. The first kappa shape index (κ1) is 24.7. The third-order valence-corrected chi connectivity index (χ3v) is 7.70. The summed E-state index contributed by atoms with van der Waals surface area (Å²) in [6.45, 7) is 3.87. The maximum absolute atomic E-state index is 13.3. The van der Waals surface area contributed by atoms with Crippen LogP contribution in [-0.4, -0.2) is 23.1 Å². The van der Waals surface area contributed by atoms with E-state index >= 15 is 0 Å². The average molecular weight is 530 g/mol. The average Bonchev–Trinajstić information content (AvgIpc) is 2.80. The third kappa shape index (κ3) is 5.02. The molecule has 0 bridgehead atoms. The summed E-state index contributed by atoms with van der Waals surface area (Å²) in [7, 11) is -4.33. The molecule has 0 radical (unpaired) electrons. The lowest BCUT2D eigenvalue weighted by Gasteiger charge is -2.25. The number of rotatable bonds is 8. The van der Waals surface area contributed by atoms with Crippen molar-refractivity contribution < 1.29 is 13.5 Å². The number of aromatic nitrogens is 2. The van der Waals surface area contributed by atoms with Crippen molar-refractivity contribution in [2.45, 2.75) is 55.4 Å². The largest absolute Gasteiger partial charge is 0.493 e. The topological polar surface area (TPSA) is 113 Å². The molecule has 172 valence electrons. The predicted molar refractivity (Wildman–Crippen MR) is 128 cm³/mol. The molecule has 0 amide bonds. The van der Waals surface area contributed by atoms with Gasteiger partial charge in [-0.1, -0.05) is 48.3 Å². The molecule has 9 heteroatoms. The Kier molecular flexibility index (Phi) is 7.72. The van der Waals surface area contributed by atoms with Crippen molar-refractivity contribution in [2.75, 3.05) is 0 Å². The first-order valence-electron chi connectivity index (χ1n) is 10.6. The zero-order chi connectivity index (χ0) is 24.2. The number of nitrogens with zero attached hydrogens (tertiary/aromatic N) is 3. The van der Waals surface area contributed by atoms with Crippen molar-refractivity contribution in [3.63, 3.8) is 0 Å². The smallest absolute Gasteiger partial charge is 0.296 e. The van der Waals surface area contributed by atoms with Crippen LogP contribution in [0.1, 0.15) is 56.1 Å². The molecule has 0 unspecified atom stereocenters. The zero-order valence-electron chi connectivity index (χ0n) is 18.3. The lowest BCUT2D eigenvalue weighted by Crippen LogP contribution is -2.27. The highest BCUT2D eigenvalue weighted by Crippen LogP contribution is 2.33. The quantitative estimate of drug-likeness (QED) is 0.450. The van der Waals surface area contributed by atoms with E-state index in [1.54, 1.807) is 36.4 Å². The molecule has 0 saturated carbocycles. The van der Waals surface area contributed by atoms with Gasteiger partial charge < -0.3 is 5.11 Å². The van der Waals surface area contributed by atoms with Crippen LogP contribution in [-0.2, 0) is 16.3 Å². The van der Waals surface area contributed by atoms with E-state index in [9.17, 15) is 23.6 Å². The standard InChI is InChI=1S/C24H24BrN3O4S/c1-3-5-9-21-27-23(29)22(33(31,32)19-12-10-18(25)11-13-19)24(30)28(21)20(4-2)17-8-6-7-16(14-17)15-26/h6-8,10-14,20,30H,3-5,9H2,1-2H3/t20-/m0/s1. The van der Waals surface area contributed by atoms with E-state index in [0.29, 0.717) is 40.7 Å². The SMILES string of the molecule is CCCCc1nc(=O)c(S(=O)(=O)c2ccc(Br)cc2)c(O)n1[C@@H](CC)c1cccc(C#N)c1. The van der Waals surface area contributed by atoms with Crippen LogP contribution >= 0.6 is 15.9 Å². The molecular formula is C24H24BrN3O4S. The molecule has 7 nitrogen and oxygen atoms in total. The van der Waals surface area contributed by atoms with Gasteiger partial charge in [0.15, 0.2) is 4.90 Å². The minimum Gasteiger partial charge on any atom is -0.493 e. The molecule has 0 aliphatic rings. The highest BCUT2D eigenvalue weighted by atomic mass is 79.9. The second-order valence-corrected chi connectivity index (χ2v) is 10.4. The number of nitriles is 1. The molecule has 1 aromatic heterocycles. The Hall–Kier alpha value is -2.96. The molecule has 2 aromatic carbocycles. The number of hydrogen-bond acceptors (Lipinski definition) is 6. The monoisotopic (exact) mass is 529 g/mol. The number of sulfone groups is 1. The number of benzene rings is 2.